The van der Waals surface area contributed by atoms with Gasteiger partial charge in [-0.2, -0.15) is 0 Å². The molecule has 0 aliphatic heterocycles. The zero-order valence-electron chi connectivity index (χ0n) is 10.3. The van der Waals surface area contributed by atoms with Gasteiger partial charge in [-0.05, 0) is 23.3 Å². The van der Waals surface area contributed by atoms with Crippen molar-refractivity contribution >= 4 is 5.91 Å². The molecular weight excluding hydrogens is 243 g/mol. The Labute approximate surface area is 111 Å². The minimum absolute atomic E-state index is 0.338. The summed E-state index contributed by atoms with van der Waals surface area (Å²) in [5, 5.41) is 3.07. The maximum absolute atomic E-state index is 12.9. The molecule has 0 saturated heterocycles. The molecule has 3 nitrogen and oxygen atoms in total. The van der Waals surface area contributed by atoms with Crippen LogP contribution in [0.15, 0.2) is 54.6 Å². The van der Waals surface area contributed by atoms with Gasteiger partial charge in [-0.25, -0.2) is 4.39 Å². The number of rotatable bonds is 5. The summed E-state index contributed by atoms with van der Waals surface area (Å²) in [4.78, 5) is 11.5. The number of amides is 1. The van der Waals surface area contributed by atoms with Crippen molar-refractivity contribution in [2.24, 2.45) is 5.73 Å². The van der Waals surface area contributed by atoms with E-state index in [1.165, 1.54) is 12.1 Å². The van der Waals surface area contributed by atoms with Gasteiger partial charge >= 0.3 is 0 Å². The first-order valence-electron chi connectivity index (χ1n) is 5.99. The van der Waals surface area contributed by atoms with Crippen LogP contribution in [-0.4, -0.2) is 5.91 Å². The Bertz CT molecular complexity index is 540. The lowest BCUT2D eigenvalue weighted by atomic mass is 10.1. The molecule has 1 atom stereocenters. The van der Waals surface area contributed by atoms with Crippen LogP contribution in [0.2, 0.25) is 0 Å². The number of nitrogens with two attached hydrogens (primary N) is 1. The molecule has 2 rings (SSSR count). The zero-order valence-corrected chi connectivity index (χ0v) is 10.3. The van der Waals surface area contributed by atoms with E-state index in [0.29, 0.717) is 12.1 Å². The van der Waals surface area contributed by atoms with Crippen LogP contribution in [-0.2, 0) is 11.3 Å². The predicted octanol–water partition coefficient (Wildman–Crippen LogP) is 2.14. The van der Waals surface area contributed by atoms with Crippen molar-refractivity contribution in [2.45, 2.75) is 12.6 Å². The van der Waals surface area contributed by atoms with Crippen molar-refractivity contribution in [1.82, 2.24) is 5.32 Å². The number of carbonyl (C=O) groups excluding carboxylic acids is 1. The second-order valence-electron chi connectivity index (χ2n) is 4.25. The number of primary amides is 1. The third-order valence-electron chi connectivity index (χ3n) is 2.84. The van der Waals surface area contributed by atoms with E-state index in [4.69, 9.17) is 5.73 Å². The minimum Gasteiger partial charge on any atom is -0.368 e. The maximum Gasteiger partial charge on any atom is 0.239 e. The molecule has 0 fully saturated rings. The van der Waals surface area contributed by atoms with Crippen molar-refractivity contribution in [1.29, 1.82) is 0 Å². The SMILES string of the molecule is NC(=O)C(NCc1ccccc1)c1ccc(F)cc1. The van der Waals surface area contributed by atoms with Gasteiger partial charge in [0, 0.05) is 6.54 Å². The van der Waals surface area contributed by atoms with E-state index >= 15 is 0 Å². The highest BCUT2D eigenvalue weighted by Crippen LogP contribution is 2.14. The zero-order chi connectivity index (χ0) is 13.7. The maximum atomic E-state index is 12.9. The number of hydrogen-bond acceptors (Lipinski definition) is 2. The first kappa shape index (κ1) is 13.2. The van der Waals surface area contributed by atoms with Gasteiger partial charge < -0.3 is 5.73 Å². The Morgan fingerprint density at radius 1 is 1.11 bits per heavy atom. The van der Waals surface area contributed by atoms with E-state index < -0.39 is 11.9 Å². The third-order valence-corrected chi connectivity index (χ3v) is 2.84. The smallest absolute Gasteiger partial charge is 0.239 e. The molecular formula is C15H15FN2O. The van der Waals surface area contributed by atoms with Gasteiger partial charge in [-0.15, -0.1) is 0 Å². The Morgan fingerprint density at radius 3 is 2.32 bits per heavy atom. The van der Waals surface area contributed by atoms with Gasteiger partial charge in [-0.3, -0.25) is 10.1 Å². The van der Waals surface area contributed by atoms with Gasteiger partial charge in [-0.1, -0.05) is 42.5 Å². The number of carbonyl (C=O) groups is 1. The molecule has 0 aliphatic carbocycles. The van der Waals surface area contributed by atoms with Crippen LogP contribution < -0.4 is 11.1 Å². The summed E-state index contributed by atoms with van der Waals surface area (Å²) in [7, 11) is 0. The van der Waals surface area contributed by atoms with E-state index in [-0.39, 0.29) is 5.82 Å². The summed E-state index contributed by atoms with van der Waals surface area (Å²) >= 11 is 0. The van der Waals surface area contributed by atoms with Crippen LogP contribution in [0.5, 0.6) is 0 Å². The molecule has 0 radical (unpaired) electrons. The highest BCUT2D eigenvalue weighted by atomic mass is 19.1. The molecule has 0 spiro atoms. The monoisotopic (exact) mass is 258 g/mol. The lowest BCUT2D eigenvalue weighted by Gasteiger charge is -2.16. The van der Waals surface area contributed by atoms with Gasteiger partial charge in [0.15, 0.2) is 0 Å². The molecule has 3 N–H and O–H groups in total. The van der Waals surface area contributed by atoms with Crippen LogP contribution in [0, 0.1) is 5.82 Å². The largest absolute Gasteiger partial charge is 0.368 e. The number of halogens is 1. The number of nitrogens with one attached hydrogen (secondary N) is 1. The van der Waals surface area contributed by atoms with Crippen molar-refractivity contribution < 1.29 is 9.18 Å². The van der Waals surface area contributed by atoms with Crippen molar-refractivity contribution in [3.05, 3.63) is 71.5 Å². The van der Waals surface area contributed by atoms with Crippen LogP contribution in [0.25, 0.3) is 0 Å². The Morgan fingerprint density at radius 2 is 1.74 bits per heavy atom. The fraction of sp³-hybridized carbons (Fsp3) is 0.133. The lowest BCUT2D eigenvalue weighted by molar-refractivity contribution is -0.120. The average Bonchev–Trinajstić information content (AvgIpc) is 2.42. The summed E-state index contributed by atoms with van der Waals surface area (Å²) < 4.78 is 12.9. The van der Waals surface area contributed by atoms with E-state index in [0.717, 1.165) is 5.56 Å². The summed E-state index contributed by atoms with van der Waals surface area (Å²) in [6.45, 7) is 0.520. The second-order valence-corrected chi connectivity index (χ2v) is 4.25. The first-order chi connectivity index (χ1) is 9.16. The van der Waals surface area contributed by atoms with Crippen LogP contribution >= 0.6 is 0 Å². The molecule has 0 aromatic heterocycles. The molecule has 0 saturated carbocycles. The Balaban J connectivity index is 2.09. The topological polar surface area (TPSA) is 55.1 Å². The fourth-order valence-electron chi connectivity index (χ4n) is 1.85. The van der Waals surface area contributed by atoms with Gasteiger partial charge in [0.25, 0.3) is 0 Å². The predicted molar refractivity (Wildman–Crippen MR) is 71.6 cm³/mol. The molecule has 0 heterocycles. The highest BCUT2D eigenvalue weighted by molar-refractivity contribution is 5.81. The minimum atomic E-state index is -0.624. The molecule has 2 aromatic carbocycles. The van der Waals surface area contributed by atoms with Crippen LogP contribution in [0.4, 0.5) is 4.39 Å². The number of benzene rings is 2. The highest BCUT2D eigenvalue weighted by Gasteiger charge is 2.16. The van der Waals surface area contributed by atoms with Gasteiger partial charge in [0.2, 0.25) is 5.91 Å². The van der Waals surface area contributed by atoms with Crippen molar-refractivity contribution in [3.8, 4) is 0 Å². The fourth-order valence-corrected chi connectivity index (χ4v) is 1.85. The summed E-state index contributed by atoms with van der Waals surface area (Å²) in [6, 6.07) is 14.8. The number of hydrogen-bond donors (Lipinski definition) is 2. The third kappa shape index (κ3) is 3.63. The van der Waals surface area contributed by atoms with Crippen LogP contribution in [0.3, 0.4) is 0 Å². The Kier molecular flexibility index (Phi) is 4.26. The summed E-state index contributed by atoms with van der Waals surface area (Å²) in [6.07, 6.45) is 0. The molecule has 2 aromatic rings. The van der Waals surface area contributed by atoms with Gasteiger partial charge in [0.1, 0.15) is 11.9 Å². The summed E-state index contributed by atoms with van der Waals surface area (Å²) in [5.74, 6) is -0.822. The molecule has 1 unspecified atom stereocenters. The summed E-state index contributed by atoms with van der Waals surface area (Å²) in [5.41, 5.74) is 7.08. The lowest BCUT2D eigenvalue weighted by Crippen LogP contribution is -2.33. The standard InChI is InChI=1S/C15H15FN2O/c16-13-8-6-12(7-9-13)14(15(17)19)18-10-11-4-2-1-3-5-11/h1-9,14,18H,10H2,(H2,17,19). The molecule has 98 valence electrons. The van der Waals surface area contributed by atoms with E-state index in [9.17, 15) is 9.18 Å². The Hall–Kier alpha value is -2.20. The van der Waals surface area contributed by atoms with Crippen LogP contribution in [0.1, 0.15) is 17.2 Å². The second kappa shape index (κ2) is 6.11. The van der Waals surface area contributed by atoms with E-state index in [1.807, 2.05) is 30.3 Å². The molecule has 0 bridgehead atoms. The van der Waals surface area contributed by atoms with Gasteiger partial charge in [0.05, 0.1) is 0 Å². The average molecular weight is 258 g/mol. The normalized spacial score (nSPS) is 12.1. The van der Waals surface area contributed by atoms with E-state index in [2.05, 4.69) is 5.32 Å². The molecule has 0 aliphatic rings. The molecule has 19 heavy (non-hydrogen) atoms. The van der Waals surface area contributed by atoms with Crippen molar-refractivity contribution in [2.75, 3.05) is 0 Å². The quantitative estimate of drug-likeness (QED) is 0.863. The molecule has 4 heteroatoms. The molecule has 1 amide bonds. The first-order valence-corrected chi connectivity index (χ1v) is 5.99. The van der Waals surface area contributed by atoms with Crippen molar-refractivity contribution in [3.63, 3.8) is 0 Å². The van der Waals surface area contributed by atoms with E-state index in [1.54, 1.807) is 12.1 Å².